The van der Waals surface area contributed by atoms with Gasteiger partial charge in [0.15, 0.2) is 15.8 Å². The van der Waals surface area contributed by atoms with Gasteiger partial charge in [0, 0.05) is 39.5 Å². The molecule has 0 aliphatic carbocycles. The number of nitrogens with one attached hydrogen (secondary N) is 2. The van der Waals surface area contributed by atoms with E-state index in [9.17, 15) is 12.8 Å². The molecule has 2 N–H and O–H groups in total. The van der Waals surface area contributed by atoms with Crippen LogP contribution in [0, 0.1) is 5.82 Å². The summed E-state index contributed by atoms with van der Waals surface area (Å²) in [7, 11) is -1.52. The van der Waals surface area contributed by atoms with E-state index in [1.54, 1.807) is 7.05 Å². The summed E-state index contributed by atoms with van der Waals surface area (Å²) in [4.78, 5) is 6.58. The van der Waals surface area contributed by atoms with Crippen molar-refractivity contribution in [1.82, 2.24) is 15.5 Å². The Hall–Kier alpha value is -1.71. The first-order chi connectivity index (χ1) is 13.4. The molecule has 0 spiro atoms. The molecule has 0 atom stereocenters. The van der Waals surface area contributed by atoms with Gasteiger partial charge in [-0.3, -0.25) is 9.89 Å². The summed E-state index contributed by atoms with van der Waals surface area (Å²) in [6.45, 7) is 5.78. The fraction of sp³-hybridized carbons (Fsp3) is 0.632. The molecule has 1 aliphatic rings. The van der Waals surface area contributed by atoms with E-state index < -0.39 is 9.84 Å². The average Bonchev–Trinajstić information content (AvgIpc) is 2.65. The summed E-state index contributed by atoms with van der Waals surface area (Å²) in [6, 6.07) is 4.17. The van der Waals surface area contributed by atoms with Crippen LogP contribution in [-0.4, -0.2) is 72.0 Å². The van der Waals surface area contributed by atoms with Crippen molar-refractivity contribution in [2.75, 3.05) is 52.7 Å². The van der Waals surface area contributed by atoms with Crippen LogP contribution in [0.1, 0.15) is 24.0 Å². The molecule has 0 aromatic heterocycles. The summed E-state index contributed by atoms with van der Waals surface area (Å²) < 4.78 is 42.1. The predicted molar refractivity (Wildman–Crippen MR) is 110 cm³/mol. The third-order valence-corrected chi connectivity index (χ3v) is 5.39. The largest absolute Gasteiger partial charge is 0.379 e. The average molecular weight is 415 g/mol. The van der Waals surface area contributed by atoms with Crippen LogP contribution in [0.4, 0.5) is 4.39 Å². The minimum atomic E-state index is -3.19. The number of hydrogen-bond donors (Lipinski definition) is 2. The van der Waals surface area contributed by atoms with Crippen LogP contribution in [0.2, 0.25) is 0 Å². The van der Waals surface area contributed by atoms with Gasteiger partial charge >= 0.3 is 0 Å². The van der Waals surface area contributed by atoms with Gasteiger partial charge in [0.05, 0.1) is 19.0 Å². The van der Waals surface area contributed by atoms with E-state index in [-0.39, 0.29) is 11.6 Å². The molecule has 0 radical (unpaired) electrons. The number of aliphatic imine (C=N–C) groups is 1. The second kappa shape index (κ2) is 11.3. The normalized spacial score (nSPS) is 16.2. The molecule has 1 saturated heterocycles. The lowest BCUT2D eigenvalue weighted by Gasteiger charge is -2.26. The van der Waals surface area contributed by atoms with Crippen molar-refractivity contribution in [3.63, 3.8) is 0 Å². The number of morpholine rings is 1. The SMILES string of the molecule is CN=C(NCCCCN1CCOCC1)NCc1cc(F)ccc1CS(C)(=O)=O. The van der Waals surface area contributed by atoms with Crippen molar-refractivity contribution < 1.29 is 17.5 Å². The summed E-state index contributed by atoms with van der Waals surface area (Å²) >= 11 is 0. The summed E-state index contributed by atoms with van der Waals surface area (Å²) in [6.07, 6.45) is 3.27. The molecule has 0 saturated carbocycles. The topological polar surface area (TPSA) is 83.0 Å². The highest BCUT2D eigenvalue weighted by molar-refractivity contribution is 7.89. The van der Waals surface area contributed by atoms with Crippen LogP contribution in [0.25, 0.3) is 0 Å². The molecule has 2 rings (SSSR count). The number of guanidine groups is 1. The number of nitrogens with zero attached hydrogens (tertiary/aromatic N) is 2. The minimum absolute atomic E-state index is 0.113. The summed E-state index contributed by atoms with van der Waals surface area (Å²) in [5.41, 5.74) is 1.21. The monoisotopic (exact) mass is 414 g/mol. The highest BCUT2D eigenvalue weighted by Crippen LogP contribution is 2.14. The molecular weight excluding hydrogens is 383 g/mol. The molecule has 0 bridgehead atoms. The molecule has 7 nitrogen and oxygen atoms in total. The van der Waals surface area contributed by atoms with Crippen molar-refractivity contribution in [3.05, 3.63) is 35.1 Å². The standard InChI is InChI=1S/C19H31FN4O3S/c1-21-19(22-7-3-4-8-24-9-11-27-12-10-24)23-14-17-13-18(20)6-5-16(17)15-28(2,25)26/h5-6,13H,3-4,7-12,14-15H2,1-2H3,(H2,21,22,23). The van der Waals surface area contributed by atoms with Crippen LogP contribution in [0.3, 0.4) is 0 Å². The molecule has 1 heterocycles. The maximum absolute atomic E-state index is 13.6. The minimum Gasteiger partial charge on any atom is -0.379 e. The molecule has 158 valence electrons. The zero-order valence-electron chi connectivity index (χ0n) is 16.7. The molecular formula is C19H31FN4O3S. The quantitative estimate of drug-likeness (QED) is 0.358. The van der Waals surface area contributed by atoms with Crippen LogP contribution < -0.4 is 10.6 Å². The van der Waals surface area contributed by atoms with Crippen molar-refractivity contribution in [3.8, 4) is 0 Å². The molecule has 1 aliphatic heterocycles. The van der Waals surface area contributed by atoms with Crippen molar-refractivity contribution >= 4 is 15.8 Å². The highest BCUT2D eigenvalue weighted by atomic mass is 32.2. The van der Waals surface area contributed by atoms with E-state index >= 15 is 0 Å². The first-order valence-electron chi connectivity index (χ1n) is 9.57. The third-order valence-electron chi connectivity index (χ3n) is 4.55. The number of ether oxygens (including phenoxy) is 1. The van der Waals surface area contributed by atoms with Crippen LogP contribution in [0.5, 0.6) is 0 Å². The van der Waals surface area contributed by atoms with Crippen molar-refractivity contribution in [2.24, 2.45) is 4.99 Å². The highest BCUT2D eigenvalue weighted by Gasteiger charge is 2.12. The zero-order chi connectivity index (χ0) is 20.4. The van der Waals surface area contributed by atoms with Crippen molar-refractivity contribution in [2.45, 2.75) is 25.1 Å². The fourth-order valence-corrected chi connectivity index (χ4v) is 3.92. The summed E-state index contributed by atoms with van der Waals surface area (Å²) in [5, 5.41) is 6.37. The Kier molecular flexibility index (Phi) is 9.14. The number of rotatable bonds is 9. The third kappa shape index (κ3) is 8.53. The van der Waals surface area contributed by atoms with E-state index in [0.29, 0.717) is 23.6 Å². The van der Waals surface area contributed by atoms with E-state index in [0.717, 1.165) is 52.2 Å². The predicted octanol–water partition coefficient (Wildman–Crippen LogP) is 1.15. The number of unbranched alkanes of at least 4 members (excludes halogenated alkanes) is 1. The van der Waals surface area contributed by atoms with Gasteiger partial charge in [-0.2, -0.15) is 0 Å². The number of sulfone groups is 1. The maximum Gasteiger partial charge on any atom is 0.191 e. The number of halogens is 1. The Morgan fingerprint density at radius 2 is 1.96 bits per heavy atom. The van der Waals surface area contributed by atoms with Gasteiger partial charge in [-0.05, 0) is 42.6 Å². The Bertz CT molecular complexity index is 750. The van der Waals surface area contributed by atoms with Gasteiger partial charge < -0.3 is 15.4 Å². The molecule has 0 unspecified atom stereocenters. The Labute approximate surface area is 167 Å². The Morgan fingerprint density at radius 3 is 2.64 bits per heavy atom. The Balaban J connectivity index is 1.76. The fourth-order valence-electron chi connectivity index (χ4n) is 3.07. The van der Waals surface area contributed by atoms with Crippen LogP contribution in [0.15, 0.2) is 23.2 Å². The zero-order valence-corrected chi connectivity index (χ0v) is 17.5. The maximum atomic E-state index is 13.6. The van der Waals surface area contributed by atoms with Gasteiger partial charge in [0.2, 0.25) is 0 Å². The smallest absolute Gasteiger partial charge is 0.191 e. The van der Waals surface area contributed by atoms with Gasteiger partial charge in [0.1, 0.15) is 5.82 Å². The number of benzene rings is 1. The molecule has 0 amide bonds. The van der Waals surface area contributed by atoms with Gasteiger partial charge in [-0.1, -0.05) is 6.07 Å². The lowest BCUT2D eigenvalue weighted by Crippen LogP contribution is -2.38. The molecule has 1 aromatic rings. The second-order valence-electron chi connectivity index (χ2n) is 7.00. The molecule has 28 heavy (non-hydrogen) atoms. The number of hydrogen-bond acceptors (Lipinski definition) is 5. The molecule has 1 fully saturated rings. The lowest BCUT2D eigenvalue weighted by molar-refractivity contribution is 0.0372. The van der Waals surface area contributed by atoms with Gasteiger partial charge in [-0.15, -0.1) is 0 Å². The van der Waals surface area contributed by atoms with E-state index in [2.05, 4.69) is 20.5 Å². The van der Waals surface area contributed by atoms with E-state index in [1.165, 1.54) is 24.5 Å². The van der Waals surface area contributed by atoms with E-state index in [4.69, 9.17) is 4.74 Å². The second-order valence-corrected chi connectivity index (χ2v) is 9.14. The van der Waals surface area contributed by atoms with Crippen LogP contribution >= 0.6 is 0 Å². The first-order valence-corrected chi connectivity index (χ1v) is 11.6. The first kappa shape index (κ1) is 22.6. The van der Waals surface area contributed by atoms with Gasteiger partial charge in [-0.25, -0.2) is 12.8 Å². The Morgan fingerprint density at radius 1 is 1.21 bits per heavy atom. The summed E-state index contributed by atoms with van der Waals surface area (Å²) in [5.74, 6) is 0.110. The van der Waals surface area contributed by atoms with Gasteiger partial charge in [0.25, 0.3) is 0 Å². The molecule has 1 aromatic carbocycles. The van der Waals surface area contributed by atoms with E-state index in [1.807, 2.05) is 0 Å². The van der Waals surface area contributed by atoms with Crippen LogP contribution in [-0.2, 0) is 26.9 Å². The lowest BCUT2D eigenvalue weighted by atomic mass is 10.1. The molecule has 9 heteroatoms. The van der Waals surface area contributed by atoms with Crippen molar-refractivity contribution in [1.29, 1.82) is 0 Å².